The van der Waals surface area contributed by atoms with Crippen LogP contribution in [0.5, 0.6) is 0 Å². The number of pyridine rings is 1. The van der Waals surface area contributed by atoms with Gasteiger partial charge in [0.15, 0.2) is 5.72 Å². The van der Waals surface area contributed by atoms with Crippen LogP contribution in [-0.2, 0) is 9.53 Å². The van der Waals surface area contributed by atoms with Gasteiger partial charge in [-0.15, -0.1) is 0 Å². The minimum absolute atomic E-state index is 0.138. The third-order valence-electron chi connectivity index (χ3n) is 2.86. The van der Waals surface area contributed by atoms with Crippen LogP contribution in [0.1, 0.15) is 12.8 Å². The molecule has 0 bridgehead atoms. The van der Waals surface area contributed by atoms with E-state index in [1.54, 1.807) is 23.2 Å². The number of nitrogens with zero attached hydrogens (tertiary/aromatic N) is 2. The molecular formula is C12H14N2O3S2. The third-order valence-corrected chi connectivity index (χ3v) is 4.43. The van der Waals surface area contributed by atoms with Crippen molar-refractivity contribution in [2.24, 2.45) is 0 Å². The molecule has 1 atom stereocenters. The quantitative estimate of drug-likeness (QED) is 0.668. The molecule has 0 amide bonds. The van der Waals surface area contributed by atoms with Gasteiger partial charge in [-0.2, -0.15) is 0 Å². The molecule has 1 N–H and O–H groups in total. The van der Waals surface area contributed by atoms with E-state index in [1.807, 2.05) is 6.07 Å². The summed E-state index contributed by atoms with van der Waals surface area (Å²) >= 11 is 6.63. The molecule has 0 spiro atoms. The molecule has 1 aromatic rings. The number of carbonyl (C=O) groups is 1. The SMILES string of the molecule is COC(=O)CCC1(O)CSC(=S)N1c1ccccn1. The summed E-state index contributed by atoms with van der Waals surface area (Å²) in [6, 6.07) is 5.40. The lowest BCUT2D eigenvalue weighted by Crippen LogP contribution is -2.48. The van der Waals surface area contributed by atoms with Gasteiger partial charge in [0.05, 0.1) is 13.5 Å². The second kappa shape index (κ2) is 5.85. The van der Waals surface area contributed by atoms with E-state index in [9.17, 15) is 9.90 Å². The number of methoxy groups -OCH3 is 1. The Morgan fingerprint density at radius 1 is 1.68 bits per heavy atom. The highest BCUT2D eigenvalue weighted by atomic mass is 32.2. The summed E-state index contributed by atoms with van der Waals surface area (Å²) in [5.41, 5.74) is -1.19. The standard InChI is InChI=1S/C12H14N2O3S2/c1-17-10(15)5-6-12(16)8-19-11(18)14(12)9-4-2-3-7-13-9/h2-4,7,16H,5-6,8H2,1H3. The van der Waals surface area contributed by atoms with Gasteiger partial charge in [0.2, 0.25) is 0 Å². The van der Waals surface area contributed by atoms with Crippen LogP contribution >= 0.6 is 24.0 Å². The molecule has 5 nitrogen and oxygen atoms in total. The van der Waals surface area contributed by atoms with E-state index in [1.165, 1.54) is 18.9 Å². The molecule has 1 aromatic heterocycles. The molecule has 102 valence electrons. The smallest absolute Gasteiger partial charge is 0.305 e. The number of thiocarbonyl (C=S) groups is 1. The summed E-state index contributed by atoms with van der Waals surface area (Å²) in [6.07, 6.45) is 2.03. The first-order chi connectivity index (χ1) is 9.07. The Hall–Kier alpha value is -1.18. The number of thioether (sulfide) groups is 1. The van der Waals surface area contributed by atoms with E-state index in [-0.39, 0.29) is 18.8 Å². The predicted octanol–water partition coefficient (Wildman–Crippen LogP) is 1.56. The van der Waals surface area contributed by atoms with Gasteiger partial charge in [0.1, 0.15) is 10.1 Å². The lowest BCUT2D eigenvalue weighted by Gasteiger charge is -2.32. The summed E-state index contributed by atoms with van der Waals surface area (Å²) in [4.78, 5) is 17.0. The molecule has 2 rings (SSSR count). The Bertz CT molecular complexity index is 483. The van der Waals surface area contributed by atoms with Gasteiger partial charge in [-0.1, -0.05) is 30.0 Å². The number of hydrogen-bond donors (Lipinski definition) is 1. The molecule has 2 heterocycles. The zero-order valence-electron chi connectivity index (χ0n) is 10.4. The average molecular weight is 298 g/mol. The number of hydrogen-bond acceptors (Lipinski definition) is 6. The van der Waals surface area contributed by atoms with Crippen LogP contribution < -0.4 is 4.90 Å². The van der Waals surface area contributed by atoms with Crippen molar-refractivity contribution in [1.29, 1.82) is 0 Å². The minimum atomic E-state index is -1.19. The predicted molar refractivity (Wildman–Crippen MR) is 78.0 cm³/mol. The lowest BCUT2D eigenvalue weighted by atomic mass is 10.1. The molecule has 1 unspecified atom stereocenters. The van der Waals surface area contributed by atoms with Crippen molar-refractivity contribution in [2.75, 3.05) is 17.8 Å². The Morgan fingerprint density at radius 3 is 3.11 bits per heavy atom. The number of carbonyl (C=O) groups excluding carboxylic acids is 1. The second-order valence-electron chi connectivity index (χ2n) is 4.14. The maximum absolute atomic E-state index is 11.2. The van der Waals surface area contributed by atoms with E-state index in [4.69, 9.17) is 12.2 Å². The molecular weight excluding hydrogens is 284 g/mol. The largest absolute Gasteiger partial charge is 0.469 e. The molecule has 19 heavy (non-hydrogen) atoms. The van der Waals surface area contributed by atoms with Crippen molar-refractivity contribution in [3.05, 3.63) is 24.4 Å². The van der Waals surface area contributed by atoms with Gasteiger partial charge in [0.25, 0.3) is 0 Å². The number of aromatic nitrogens is 1. The molecule has 0 radical (unpaired) electrons. The highest BCUT2D eigenvalue weighted by Crippen LogP contribution is 2.37. The average Bonchev–Trinajstić information content (AvgIpc) is 2.73. The van der Waals surface area contributed by atoms with Crippen molar-refractivity contribution >= 4 is 40.1 Å². The first kappa shape index (κ1) is 14.2. The number of rotatable bonds is 4. The van der Waals surface area contributed by atoms with Gasteiger partial charge in [-0.25, -0.2) is 4.98 Å². The van der Waals surface area contributed by atoms with Crippen LogP contribution in [0.15, 0.2) is 24.4 Å². The zero-order chi connectivity index (χ0) is 13.9. The monoisotopic (exact) mass is 298 g/mol. The summed E-state index contributed by atoms with van der Waals surface area (Å²) in [5, 5.41) is 10.7. The Labute approximate surface area is 121 Å². The maximum Gasteiger partial charge on any atom is 0.305 e. The van der Waals surface area contributed by atoms with Crippen molar-refractivity contribution < 1.29 is 14.6 Å². The van der Waals surface area contributed by atoms with E-state index in [0.717, 1.165) is 0 Å². The van der Waals surface area contributed by atoms with Crippen molar-refractivity contribution in [2.45, 2.75) is 18.6 Å². The van der Waals surface area contributed by atoms with Crippen LogP contribution in [0.25, 0.3) is 0 Å². The number of anilines is 1. The fourth-order valence-electron chi connectivity index (χ4n) is 1.86. The van der Waals surface area contributed by atoms with Gasteiger partial charge in [-0.3, -0.25) is 9.69 Å². The molecule has 0 aromatic carbocycles. The Kier molecular flexibility index (Phi) is 4.38. The summed E-state index contributed by atoms with van der Waals surface area (Å²) in [5.74, 6) is 0.654. The topological polar surface area (TPSA) is 62.7 Å². The van der Waals surface area contributed by atoms with Gasteiger partial charge >= 0.3 is 5.97 Å². The number of aliphatic hydroxyl groups is 1. The van der Waals surface area contributed by atoms with Gasteiger partial charge in [-0.05, 0) is 12.1 Å². The van der Waals surface area contributed by atoms with Gasteiger partial charge < -0.3 is 9.84 Å². The molecule has 1 aliphatic rings. The fourth-order valence-corrected chi connectivity index (χ4v) is 3.32. The number of ether oxygens (including phenoxy) is 1. The molecule has 7 heteroatoms. The molecule has 1 fully saturated rings. The maximum atomic E-state index is 11.2. The van der Waals surface area contributed by atoms with Crippen LogP contribution in [0, 0.1) is 0 Å². The zero-order valence-corrected chi connectivity index (χ0v) is 12.0. The number of esters is 1. The minimum Gasteiger partial charge on any atom is -0.469 e. The summed E-state index contributed by atoms with van der Waals surface area (Å²) < 4.78 is 5.16. The van der Waals surface area contributed by atoms with Crippen molar-refractivity contribution in [3.63, 3.8) is 0 Å². The molecule has 1 saturated heterocycles. The first-order valence-corrected chi connectivity index (χ1v) is 7.13. The van der Waals surface area contributed by atoms with Crippen LogP contribution in [0.3, 0.4) is 0 Å². The Morgan fingerprint density at radius 2 is 2.47 bits per heavy atom. The van der Waals surface area contributed by atoms with Gasteiger partial charge in [0, 0.05) is 18.4 Å². The van der Waals surface area contributed by atoms with Crippen LogP contribution in [-0.4, -0.2) is 39.0 Å². The van der Waals surface area contributed by atoms with Crippen molar-refractivity contribution in [1.82, 2.24) is 4.98 Å². The first-order valence-electron chi connectivity index (χ1n) is 5.74. The molecule has 1 aliphatic heterocycles. The van der Waals surface area contributed by atoms with Crippen LogP contribution in [0.4, 0.5) is 5.82 Å². The second-order valence-corrected chi connectivity index (χ2v) is 5.75. The van der Waals surface area contributed by atoms with Crippen LogP contribution in [0.2, 0.25) is 0 Å². The highest BCUT2D eigenvalue weighted by Gasteiger charge is 2.44. The van der Waals surface area contributed by atoms with E-state index < -0.39 is 5.72 Å². The third kappa shape index (κ3) is 3.05. The summed E-state index contributed by atoms with van der Waals surface area (Å²) in [6.45, 7) is 0. The lowest BCUT2D eigenvalue weighted by molar-refractivity contribution is -0.141. The van der Waals surface area contributed by atoms with E-state index in [0.29, 0.717) is 15.9 Å². The van der Waals surface area contributed by atoms with E-state index >= 15 is 0 Å². The summed E-state index contributed by atoms with van der Waals surface area (Å²) in [7, 11) is 1.33. The molecule has 0 aliphatic carbocycles. The fraction of sp³-hybridized carbons (Fsp3) is 0.417. The van der Waals surface area contributed by atoms with E-state index in [2.05, 4.69) is 9.72 Å². The molecule has 0 saturated carbocycles. The highest BCUT2D eigenvalue weighted by molar-refractivity contribution is 8.23. The Balaban J connectivity index is 2.19. The van der Waals surface area contributed by atoms with Crippen molar-refractivity contribution in [3.8, 4) is 0 Å². The normalized spacial score (nSPS) is 22.6.